The Hall–Kier alpha value is -0.160. The van der Waals surface area contributed by atoms with Crippen LogP contribution in [-0.4, -0.2) is 48.2 Å². The van der Waals surface area contributed by atoms with E-state index in [1.807, 2.05) is 13.8 Å². The molecule has 0 amide bonds. The molecule has 4 nitrogen and oxygen atoms in total. The summed E-state index contributed by atoms with van der Waals surface area (Å²) in [7, 11) is 0. The number of rotatable bonds is 13. The highest BCUT2D eigenvalue weighted by Crippen LogP contribution is 2.13. The molecule has 0 aliphatic rings. The van der Waals surface area contributed by atoms with E-state index in [0.29, 0.717) is 13.2 Å². The Morgan fingerprint density at radius 1 is 1.11 bits per heavy atom. The van der Waals surface area contributed by atoms with Crippen LogP contribution in [0.4, 0.5) is 0 Å². The van der Waals surface area contributed by atoms with Crippen molar-refractivity contribution in [2.75, 3.05) is 26.4 Å². The molecule has 0 bridgehead atoms. The molecule has 116 valence electrons. The number of ether oxygens (including phenoxy) is 1. The average Bonchev–Trinajstić information content (AvgIpc) is 2.45. The van der Waals surface area contributed by atoms with Crippen molar-refractivity contribution >= 4 is 0 Å². The van der Waals surface area contributed by atoms with Crippen molar-refractivity contribution in [1.29, 1.82) is 0 Å². The van der Waals surface area contributed by atoms with Gasteiger partial charge in [-0.2, -0.15) is 0 Å². The highest BCUT2D eigenvalue weighted by Gasteiger charge is 2.25. The third-order valence-corrected chi connectivity index (χ3v) is 3.82. The maximum Gasteiger partial charge on any atom is 0.0897 e. The summed E-state index contributed by atoms with van der Waals surface area (Å²) in [6.07, 6.45) is 5.94. The molecule has 3 N–H and O–H groups in total. The van der Waals surface area contributed by atoms with E-state index < -0.39 is 6.10 Å². The molecule has 0 saturated heterocycles. The molecular weight excluding hydrogens is 242 g/mol. The lowest BCUT2D eigenvalue weighted by Crippen LogP contribution is -2.50. The van der Waals surface area contributed by atoms with Crippen molar-refractivity contribution in [3.05, 3.63) is 0 Å². The fraction of sp³-hybridized carbons (Fsp3) is 1.00. The number of hydrogen-bond donors (Lipinski definition) is 3. The molecule has 0 aliphatic carbocycles. The van der Waals surface area contributed by atoms with Crippen LogP contribution in [0.15, 0.2) is 0 Å². The summed E-state index contributed by atoms with van der Waals surface area (Å²) >= 11 is 0. The van der Waals surface area contributed by atoms with Gasteiger partial charge in [-0.15, -0.1) is 0 Å². The molecule has 0 radical (unpaired) electrons. The standard InChI is InChI=1S/C15H33NO3/c1-4-7-8-9-10-19-12-14(18)11-16-15(5-2,6-3)13-17/h14,16-18H,4-13H2,1-3H3. The Morgan fingerprint density at radius 3 is 2.32 bits per heavy atom. The van der Waals surface area contributed by atoms with Crippen molar-refractivity contribution in [1.82, 2.24) is 5.32 Å². The summed E-state index contributed by atoms with van der Waals surface area (Å²) in [5, 5.41) is 22.5. The quantitative estimate of drug-likeness (QED) is 0.450. The van der Waals surface area contributed by atoms with E-state index in [-0.39, 0.29) is 12.1 Å². The molecule has 0 spiro atoms. The van der Waals surface area contributed by atoms with E-state index in [0.717, 1.165) is 25.9 Å². The van der Waals surface area contributed by atoms with Crippen LogP contribution in [0, 0.1) is 0 Å². The Balaban J connectivity index is 3.65. The average molecular weight is 275 g/mol. The summed E-state index contributed by atoms with van der Waals surface area (Å²) in [5.41, 5.74) is -0.262. The van der Waals surface area contributed by atoms with Gasteiger partial charge in [-0.05, 0) is 19.3 Å². The van der Waals surface area contributed by atoms with Gasteiger partial charge in [-0.25, -0.2) is 0 Å². The minimum Gasteiger partial charge on any atom is -0.394 e. The maximum atomic E-state index is 9.83. The number of hydrogen-bond acceptors (Lipinski definition) is 4. The van der Waals surface area contributed by atoms with Gasteiger partial charge in [0.25, 0.3) is 0 Å². The van der Waals surface area contributed by atoms with Gasteiger partial charge in [0.1, 0.15) is 0 Å². The highest BCUT2D eigenvalue weighted by atomic mass is 16.5. The largest absolute Gasteiger partial charge is 0.394 e. The first-order chi connectivity index (χ1) is 9.14. The minimum absolute atomic E-state index is 0.102. The first-order valence-corrected chi connectivity index (χ1v) is 7.75. The van der Waals surface area contributed by atoms with Gasteiger partial charge in [-0.3, -0.25) is 0 Å². The molecule has 19 heavy (non-hydrogen) atoms. The van der Waals surface area contributed by atoms with E-state index in [1.54, 1.807) is 0 Å². The Morgan fingerprint density at radius 2 is 1.79 bits per heavy atom. The SMILES string of the molecule is CCCCCCOCC(O)CNC(CC)(CC)CO. The molecule has 1 atom stereocenters. The predicted octanol–water partition coefficient (Wildman–Crippen LogP) is 2.08. The molecule has 0 aromatic heterocycles. The highest BCUT2D eigenvalue weighted by molar-refractivity contribution is 4.85. The molecule has 0 aliphatic heterocycles. The number of β-amino-alcohol motifs (C(OH)–C–C–N with tert-alkyl or cyclic N) is 1. The zero-order valence-electron chi connectivity index (χ0n) is 13.0. The molecule has 0 aromatic carbocycles. The first-order valence-electron chi connectivity index (χ1n) is 7.75. The van der Waals surface area contributed by atoms with Crippen LogP contribution >= 0.6 is 0 Å². The molecule has 0 fully saturated rings. The van der Waals surface area contributed by atoms with Gasteiger partial charge in [0.2, 0.25) is 0 Å². The third-order valence-electron chi connectivity index (χ3n) is 3.82. The predicted molar refractivity (Wildman–Crippen MR) is 79.4 cm³/mol. The lowest BCUT2D eigenvalue weighted by Gasteiger charge is -2.32. The van der Waals surface area contributed by atoms with Gasteiger partial charge in [-0.1, -0.05) is 40.0 Å². The zero-order valence-corrected chi connectivity index (χ0v) is 13.0. The van der Waals surface area contributed by atoms with Crippen molar-refractivity contribution in [2.45, 2.75) is 70.9 Å². The lowest BCUT2D eigenvalue weighted by atomic mass is 9.94. The fourth-order valence-corrected chi connectivity index (χ4v) is 2.02. The summed E-state index contributed by atoms with van der Waals surface area (Å²) in [6.45, 7) is 7.94. The van der Waals surface area contributed by atoms with Crippen molar-refractivity contribution in [3.63, 3.8) is 0 Å². The van der Waals surface area contributed by atoms with Gasteiger partial charge in [0.15, 0.2) is 0 Å². The molecule has 0 heterocycles. The van der Waals surface area contributed by atoms with Crippen LogP contribution in [-0.2, 0) is 4.74 Å². The molecule has 4 heteroatoms. The van der Waals surface area contributed by atoms with Crippen molar-refractivity contribution < 1.29 is 14.9 Å². The maximum absolute atomic E-state index is 9.83. The fourth-order valence-electron chi connectivity index (χ4n) is 2.02. The van der Waals surface area contributed by atoms with Crippen LogP contribution in [0.1, 0.15) is 59.3 Å². The molecule has 0 saturated carbocycles. The normalized spacial score (nSPS) is 13.7. The van der Waals surface area contributed by atoms with Crippen LogP contribution in [0.25, 0.3) is 0 Å². The molecule has 0 aromatic rings. The second-order valence-electron chi connectivity index (χ2n) is 5.32. The number of aliphatic hydroxyl groups is 2. The Kier molecular flexibility index (Phi) is 11.6. The smallest absolute Gasteiger partial charge is 0.0897 e. The third kappa shape index (κ3) is 8.58. The van der Waals surface area contributed by atoms with E-state index >= 15 is 0 Å². The van der Waals surface area contributed by atoms with E-state index in [4.69, 9.17) is 4.74 Å². The van der Waals surface area contributed by atoms with Crippen molar-refractivity contribution in [3.8, 4) is 0 Å². The van der Waals surface area contributed by atoms with Crippen LogP contribution in [0.2, 0.25) is 0 Å². The summed E-state index contributed by atoms with van der Waals surface area (Å²) < 4.78 is 5.46. The monoisotopic (exact) mass is 275 g/mol. The minimum atomic E-state index is -0.504. The molecular formula is C15H33NO3. The Labute approximate surface area is 118 Å². The summed E-state index contributed by atoms with van der Waals surface area (Å²) in [4.78, 5) is 0. The lowest BCUT2D eigenvalue weighted by molar-refractivity contribution is 0.0270. The van der Waals surface area contributed by atoms with Gasteiger partial charge >= 0.3 is 0 Å². The van der Waals surface area contributed by atoms with Crippen LogP contribution < -0.4 is 5.32 Å². The first kappa shape index (κ1) is 18.8. The second kappa shape index (κ2) is 11.6. The summed E-state index contributed by atoms with van der Waals surface area (Å²) in [6, 6.07) is 0. The van der Waals surface area contributed by atoms with Crippen LogP contribution in [0.5, 0.6) is 0 Å². The zero-order chi connectivity index (χ0) is 14.6. The topological polar surface area (TPSA) is 61.7 Å². The van der Waals surface area contributed by atoms with Crippen molar-refractivity contribution in [2.24, 2.45) is 0 Å². The summed E-state index contributed by atoms with van der Waals surface area (Å²) in [5.74, 6) is 0. The second-order valence-corrected chi connectivity index (χ2v) is 5.32. The van der Waals surface area contributed by atoms with Crippen LogP contribution in [0.3, 0.4) is 0 Å². The van der Waals surface area contributed by atoms with E-state index in [2.05, 4.69) is 12.2 Å². The van der Waals surface area contributed by atoms with Gasteiger partial charge in [0.05, 0.1) is 19.3 Å². The number of unbranched alkanes of at least 4 members (excludes halogenated alkanes) is 3. The number of nitrogens with one attached hydrogen (secondary N) is 1. The van der Waals surface area contributed by atoms with Gasteiger partial charge in [0, 0.05) is 18.7 Å². The van der Waals surface area contributed by atoms with E-state index in [1.165, 1.54) is 19.3 Å². The molecule has 1 unspecified atom stereocenters. The number of aliphatic hydroxyl groups excluding tert-OH is 2. The Bertz CT molecular complexity index is 188. The van der Waals surface area contributed by atoms with Gasteiger partial charge < -0.3 is 20.3 Å². The van der Waals surface area contributed by atoms with E-state index in [9.17, 15) is 10.2 Å². The molecule has 0 rings (SSSR count).